The van der Waals surface area contributed by atoms with Crippen LogP contribution in [-0.4, -0.2) is 27.6 Å². The van der Waals surface area contributed by atoms with Crippen LogP contribution in [0.15, 0.2) is 24.5 Å². The molecule has 0 saturated carbocycles. The minimum atomic E-state index is -0.756. The Morgan fingerprint density at radius 1 is 1.47 bits per heavy atom. The molecule has 1 aromatic rings. The van der Waals surface area contributed by atoms with Gasteiger partial charge in [-0.05, 0) is 39.3 Å². The van der Waals surface area contributed by atoms with E-state index in [1.807, 2.05) is 6.92 Å². The summed E-state index contributed by atoms with van der Waals surface area (Å²) in [6.45, 7) is 5.36. The van der Waals surface area contributed by atoms with Crippen molar-refractivity contribution in [1.82, 2.24) is 15.8 Å². The number of aliphatic hydroxyl groups is 1. The Kier molecular flexibility index (Phi) is 4.60. The van der Waals surface area contributed by atoms with E-state index in [9.17, 15) is 9.90 Å². The molecule has 1 amide bonds. The fourth-order valence-corrected chi connectivity index (χ4v) is 1.56. The number of hydrogen-bond acceptors (Lipinski definition) is 4. The van der Waals surface area contributed by atoms with Gasteiger partial charge >= 0.3 is 0 Å². The summed E-state index contributed by atoms with van der Waals surface area (Å²) in [4.78, 5) is 15.5. The molecule has 0 aromatic carbocycles. The predicted octanol–water partition coefficient (Wildman–Crippen LogP) is 0.865. The van der Waals surface area contributed by atoms with Crippen molar-refractivity contribution in [3.63, 3.8) is 0 Å². The Bertz CT molecular complexity index is 360. The first-order valence-electron chi connectivity index (χ1n) is 5.57. The second kappa shape index (κ2) is 5.75. The van der Waals surface area contributed by atoms with Crippen LogP contribution in [0, 0.1) is 0 Å². The van der Waals surface area contributed by atoms with E-state index in [-0.39, 0.29) is 11.9 Å². The van der Waals surface area contributed by atoms with E-state index in [1.54, 1.807) is 38.4 Å². The third kappa shape index (κ3) is 5.42. The Morgan fingerprint density at radius 2 is 2.06 bits per heavy atom. The van der Waals surface area contributed by atoms with Gasteiger partial charge in [0, 0.05) is 24.0 Å². The lowest BCUT2D eigenvalue weighted by atomic mass is 10.0. The molecule has 0 spiro atoms. The monoisotopic (exact) mass is 237 g/mol. The van der Waals surface area contributed by atoms with Gasteiger partial charge in [0.25, 0.3) is 5.91 Å². The zero-order valence-electron chi connectivity index (χ0n) is 10.4. The number of carbonyl (C=O) groups excluding carboxylic acids is 1. The number of hydrazine groups is 1. The first kappa shape index (κ1) is 13.6. The van der Waals surface area contributed by atoms with Gasteiger partial charge in [-0.15, -0.1) is 0 Å². The second-order valence-corrected chi connectivity index (χ2v) is 4.75. The van der Waals surface area contributed by atoms with Gasteiger partial charge in [-0.2, -0.15) is 0 Å². The van der Waals surface area contributed by atoms with Gasteiger partial charge in [-0.25, -0.2) is 5.43 Å². The number of nitrogens with one attached hydrogen (secondary N) is 2. The highest BCUT2D eigenvalue weighted by molar-refractivity contribution is 5.93. The van der Waals surface area contributed by atoms with E-state index in [4.69, 9.17) is 0 Å². The van der Waals surface area contributed by atoms with Crippen molar-refractivity contribution in [2.45, 2.75) is 38.8 Å². The molecule has 5 heteroatoms. The van der Waals surface area contributed by atoms with Crippen molar-refractivity contribution in [3.8, 4) is 0 Å². The molecule has 0 aliphatic carbocycles. The lowest BCUT2D eigenvalue weighted by Crippen LogP contribution is -2.45. The van der Waals surface area contributed by atoms with E-state index in [0.717, 1.165) is 0 Å². The minimum absolute atomic E-state index is 0.0132. The number of nitrogens with zero attached hydrogens (tertiary/aromatic N) is 1. The van der Waals surface area contributed by atoms with Crippen molar-refractivity contribution in [2.75, 3.05) is 0 Å². The minimum Gasteiger partial charge on any atom is -0.390 e. The van der Waals surface area contributed by atoms with E-state index < -0.39 is 5.60 Å². The number of aromatic nitrogens is 1. The maximum absolute atomic E-state index is 11.7. The summed E-state index contributed by atoms with van der Waals surface area (Å²) < 4.78 is 0. The van der Waals surface area contributed by atoms with E-state index >= 15 is 0 Å². The third-order valence-electron chi connectivity index (χ3n) is 2.18. The molecule has 1 rings (SSSR count). The molecule has 0 bridgehead atoms. The third-order valence-corrected chi connectivity index (χ3v) is 2.18. The van der Waals surface area contributed by atoms with E-state index in [0.29, 0.717) is 12.0 Å². The second-order valence-electron chi connectivity index (χ2n) is 4.75. The van der Waals surface area contributed by atoms with Crippen molar-refractivity contribution in [1.29, 1.82) is 0 Å². The number of hydrogen-bond donors (Lipinski definition) is 3. The molecule has 5 nitrogen and oxygen atoms in total. The summed E-state index contributed by atoms with van der Waals surface area (Å²) in [6, 6.07) is 3.26. The zero-order chi connectivity index (χ0) is 12.9. The molecule has 1 atom stereocenters. The number of amides is 1. The van der Waals surface area contributed by atoms with Gasteiger partial charge in [0.05, 0.1) is 5.60 Å². The van der Waals surface area contributed by atoms with Crippen LogP contribution in [0.25, 0.3) is 0 Å². The summed E-state index contributed by atoms with van der Waals surface area (Å²) in [5.74, 6) is -0.213. The van der Waals surface area contributed by atoms with Crippen LogP contribution in [0.5, 0.6) is 0 Å². The molecule has 0 saturated heterocycles. The first-order valence-corrected chi connectivity index (χ1v) is 5.57. The summed E-state index contributed by atoms with van der Waals surface area (Å²) in [5, 5.41) is 9.61. The fourth-order valence-electron chi connectivity index (χ4n) is 1.56. The molecular weight excluding hydrogens is 218 g/mol. The standard InChI is InChI=1S/C12H19N3O2/c1-9(8-12(2,3)17)14-15-11(16)10-4-6-13-7-5-10/h4-7,9,14,17H,8H2,1-3H3,(H,15,16)/t9-/m0/s1. The van der Waals surface area contributed by atoms with Crippen LogP contribution >= 0.6 is 0 Å². The van der Waals surface area contributed by atoms with Crippen LogP contribution in [0.2, 0.25) is 0 Å². The van der Waals surface area contributed by atoms with Crippen molar-refractivity contribution in [2.24, 2.45) is 0 Å². The average Bonchev–Trinajstić information content (AvgIpc) is 2.25. The predicted molar refractivity (Wildman–Crippen MR) is 65.2 cm³/mol. The molecule has 0 aliphatic heterocycles. The Morgan fingerprint density at radius 3 is 2.59 bits per heavy atom. The number of rotatable bonds is 5. The molecule has 1 heterocycles. The first-order chi connectivity index (χ1) is 7.88. The van der Waals surface area contributed by atoms with Gasteiger partial charge in [0.2, 0.25) is 0 Å². The molecule has 0 aliphatic rings. The smallest absolute Gasteiger partial charge is 0.265 e. The van der Waals surface area contributed by atoms with Crippen molar-refractivity contribution in [3.05, 3.63) is 30.1 Å². The molecule has 0 unspecified atom stereocenters. The van der Waals surface area contributed by atoms with Gasteiger partial charge in [0.1, 0.15) is 0 Å². The van der Waals surface area contributed by atoms with Crippen LogP contribution in [0.3, 0.4) is 0 Å². The lowest BCUT2D eigenvalue weighted by molar-refractivity contribution is 0.0579. The summed E-state index contributed by atoms with van der Waals surface area (Å²) in [5.41, 5.74) is 5.24. The highest BCUT2D eigenvalue weighted by Crippen LogP contribution is 2.09. The van der Waals surface area contributed by atoms with Crippen molar-refractivity contribution < 1.29 is 9.90 Å². The SMILES string of the molecule is C[C@@H](CC(C)(C)O)NNC(=O)c1ccncc1. The van der Waals surface area contributed by atoms with E-state index in [2.05, 4.69) is 15.8 Å². The van der Waals surface area contributed by atoms with E-state index in [1.165, 1.54) is 0 Å². The summed E-state index contributed by atoms with van der Waals surface area (Å²) in [6.07, 6.45) is 3.67. The average molecular weight is 237 g/mol. The lowest BCUT2D eigenvalue weighted by Gasteiger charge is -2.23. The highest BCUT2D eigenvalue weighted by Gasteiger charge is 2.17. The van der Waals surface area contributed by atoms with Crippen LogP contribution < -0.4 is 10.9 Å². The van der Waals surface area contributed by atoms with Gasteiger partial charge in [0.15, 0.2) is 0 Å². The maximum Gasteiger partial charge on any atom is 0.265 e. The zero-order valence-corrected chi connectivity index (χ0v) is 10.4. The molecule has 17 heavy (non-hydrogen) atoms. The fraction of sp³-hybridized carbons (Fsp3) is 0.500. The van der Waals surface area contributed by atoms with Gasteiger partial charge < -0.3 is 5.11 Å². The number of carbonyl (C=O) groups is 1. The molecule has 0 radical (unpaired) electrons. The Hall–Kier alpha value is -1.46. The number of pyridine rings is 1. The molecule has 3 N–H and O–H groups in total. The quantitative estimate of drug-likeness (QED) is 0.664. The largest absolute Gasteiger partial charge is 0.390 e. The maximum atomic E-state index is 11.7. The van der Waals surface area contributed by atoms with Crippen molar-refractivity contribution >= 4 is 5.91 Å². The molecule has 0 fully saturated rings. The van der Waals surface area contributed by atoms with Crippen LogP contribution in [0.4, 0.5) is 0 Å². The van der Waals surface area contributed by atoms with Gasteiger partial charge in [-0.1, -0.05) is 0 Å². The van der Waals surface area contributed by atoms with Crippen LogP contribution in [-0.2, 0) is 0 Å². The highest BCUT2D eigenvalue weighted by atomic mass is 16.3. The molecule has 94 valence electrons. The molecular formula is C12H19N3O2. The van der Waals surface area contributed by atoms with Crippen LogP contribution in [0.1, 0.15) is 37.6 Å². The summed E-state index contributed by atoms with van der Waals surface area (Å²) >= 11 is 0. The Balaban J connectivity index is 2.39. The molecule has 1 aromatic heterocycles. The van der Waals surface area contributed by atoms with Gasteiger partial charge in [-0.3, -0.25) is 15.2 Å². The Labute approximate surface area is 101 Å². The topological polar surface area (TPSA) is 74.2 Å². The summed E-state index contributed by atoms with van der Waals surface area (Å²) in [7, 11) is 0. The normalized spacial score (nSPS) is 13.2.